The van der Waals surface area contributed by atoms with E-state index in [2.05, 4.69) is 67.6 Å². The van der Waals surface area contributed by atoms with Crippen LogP contribution in [0.2, 0.25) is 0 Å². The number of thiophene rings is 1. The molecule has 1 aromatic carbocycles. The Morgan fingerprint density at radius 3 is 2.78 bits per heavy atom. The Hall–Kier alpha value is -2.53. The van der Waals surface area contributed by atoms with Crippen LogP contribution in [0.1, 0.15) is 42.3 Å². The van der Waals surface area contributed by atoms with Gasteiger partial charge in [-0.05, 0) is 47.3 Å². The lowest BCUT2D eigenvalue weighted by Gasteiger charge is -2.11. The van der Waals surface area contributed by atoms with Gasteiger partial charge in [0.15, 0.2) is 5.69 Å². The van der Waals surface area contributed by atoms with Crippen molar-refractivity contribution < 1.29 is 4.57 Å². The zero-order valence-corrected chi connectivity index (χ0v) is 17.2. The van der Waals surface area contributed by atoms with Gasteiger partial charge < -0.3 is 4.57 Å². The highest BCUT2D eigenvalue weighted by molar-refractivity contribution is 7.17. The minimum atomic E-state index is 0.473. The van der Waals surface area contributed by atoms with Gasteiger partial charge in [-0.25, -0.2) is 9.55 Å². The zero-order chi connectivity index (χ0) is 18.9. The van der Waals surface area contributed by atoms with Crippen molar-refractivity contribution in [2.75, 3.05) is 0 Å². The summed E-state index contributed by atoms with van der Waals surface area (Å²) in [7, 11) is 2.09. The molecule has 0 bridgehead atoms. The fourth-order valence-corrected chi connectivity index (χ4v) is 5.38. The fourth-order valence-electron chi connectivity index (χ4n) is 4.10. The second-order valence-electron chi connectivity index (χ2n) is 7.76. The maximum absolute atomic E-state index is 4.88. The summed E-state index contributed by atoms with van der Waals surface area (Å²) in [4.78, 5) is 9.64. The van der Waals surface area contributed by atoms with Crippen molar-refractivity contribution in [2.45, 2.75) is 40.0 Å². The summed E-state index contributed by atoms with van der Waals surface area (Å²) in [5, 5.41) is 2.27. The number of allylic oxidation sites excluding steroid dienone is 1. The van der Waals surface area contributed by atoms with Gasteiger partial charge in [-0.15, -0.1) is 11.3 Å². The number of benzene rings is 1. The molecular weight excluding hydrogens is 352 g/mol. The molecule has 0 saturated heterocycles. The van der Waals surface area contributed by atoms with Crippen LogP contribution in [0.4, 0.5) is 0 Å². The lowest BCUT2D eigenvalue weighted by atomic mass is 9.97. The summed E-state index contributed by atoms with van der Waals surface area (Å²) in [5.41, 5.74) is 9.88. The van der Waals surface area contributed by atoms with Gasteiger partial charge in [0.25, 0.3) is 6.33 Å². The maximum Gasteiger partial charge on any atom is 0.287 e. The Labute approximate surface area is 162 Å². The molecule has 5 heteroatoms. The molecule has 0 amide bonds. The minimum absolute atomic E-state index is 0.473. The van der Waals surface area contributed by atoms with Crippen LogP contribution in [0.15, 0.2) is 23.8 Å². The van der Waals surface area contributed by atoms with Crippen LogP contribution in [0.25, 0.3) is 38.7 Å². The fraction of sp³-hybridized carbons (Fsp3) is 0.318. The summed E-state index contributed by atoms with van der Waals surface area (Å²) in [6.45, 7) is 8.88. The minimum Gasteiger partial charge on any atom is -0.303 e. The number of imidazole rings is 1. The van der Waals surface area contributed by atoms with E-state index in [0.717, 1.165) is 23.3 Å². The lowest BCUT2D eigenvalue weighted by molar-refractivity contribution is -0.662. The van der Waals surface area contributed by atoms with Gasteiger partial charge in [-0.2, -0.15) is 0 Å². The van der Waals surface area contributed by atoms with Crippen molar-refractivity contribution in [1.29, 1.82) is 0 Å². The molecule has 3 aromatic heterocycles. The van der Waals surface area contributed by atoms with Gasteiger partial charge in [0, 0.05) is 23.7 Å². The van der Waals surface area contributed by atoms with E-state index in [0.29, 0.717) is 5.92 Å². The number of hydrogen-bond acceptors (Lipinski definition) is 3. The molecule has 1 aliphatic heterocycles. The van der Waals surface area contributed by atoms with E-state index in [4.69, 9.17) is 9.97 Å². The molecule has 0 aliphatic carbocycles. The van der Waals surface area contributed by atoms with Gasteiger partial charge in [0.05, 0.1) is 18.1 Å². The maximum atomic E-state index is 4.88. The third-order valence-electron chi connectivity index (χ3n) is 5.78. The third-order valence-corrected chi connectivity index (χ3v) is 6.77. The molecule has 27 heavy (non-hydrogen) atoms. The number of rotatable bonds is 2. The molecular formula is C22H23N4S+. The van der Waals surface area contributed by atoms with E-state index in [1.807, 2.05) is 6.33 Å². The summed E-state index contributed by atoms with van der Waals surface area (Å²) in [6.07, 6.45) is 7.19. The molecule has 1 aliphatic rings. The second kappa shape index (κ2) is 5.73. The third kappa shape index (κ3) is 2.24. The van der Waals surface area contributed by atoms with Crippen LogP contribution >= 0.6 is 11.3 Å². The van der Waals surface area contributed by atoms with Crippen molar-refractivity contribution in [2.24, 2.45) is 7.05 Å². The molecule has 0 fully saturated rings. The van der Waals surface area contributed by atoms with E-state index >= 15 is 0 Å². The summed E-state index contributed by atoms with van der Waals surface area (Å²) >= 11 is 1.81. The molecule has 0 spiro atoms. The Morgan fingerprint density at radius 2 is 2.00 bits per heavy atom. The summed E-state index contributed by atoms with van der Waals surface area (Å²) in [6, 6.07) is 2.31. The van der Waals surface area contributed by atoms with Crippen molar-refractivity contribution in [3.63, 3.8) is 0 Å². The molecule has 4 aromatic rings. The lowest BCUT2D eigenvalue weighted by Crippen LogP contribution is -2.31. The highest BCUT2D eigenvalue weighted by Crippen LogP contribution is 2.38. The molecule has 136 valence electrons. The number of fused-ring (bicyclic) bond motifs is 4. The first kappa shape index (κ1) is 16.6. The monoisotopic (exact) mass is 375 g/mol. The van der Waals surface area contributed by atoms with Gasteiger partial charge in [0.2, 0.25) is 5.52 Å². The number of aryl methyl sites for hydroxylation is 2. The predicted octanol–water partition coefficient (Wildman–Crippen LogP) is 4.90. The van der Waals surface area contributed by atoms with Crippen LogP contribution in [0.5, 0.6) is 0 Å². The highest BCUT2D eigenvalue weighted by atomic mass is 32.1. The number of nitrogens with zero attached hydrogens (tertiary/aromatic N) is 4. The van der Waals surface area contributed by atoms with Gasteiger partial charge >= 0.3 is 0 Å². The second-order valence-corrected chi connectivity index (χ2v) is 8.64. The Balaban J connectivity index is 1.88. The SMILES string of the molecule is Cc1c(-c2c3scc(C(C)C)c3nc[n+]2C)cc2c(nc3n2C=CC3)c1C. The summed E-state index contributed by atoms with van der Waals surface area (Å²) < 4.78 is 5.66. The molecule has 0 radical (unpaired) electrons. The number of hydrogen-bond donors (Lipinski definition) is 0. The molecule has 4 nitrogen and oxygen atoms in total. The van der Waals surface area contributed by atoms with E-state index in [1.54, 1.807) is 11.3 Å². The van der Waals surface area contributed by atoms with Crippen molar-refractivity contribution >= 4 is 38.8 Å². The highest BCUT2D eigenvalue weighted by Gasteiger charge is 2.25. The van der Waals surface area contributed by atoms with Gasteiger partial charge in [0.1, 0.15) is 10.5 Å². The van der Waals surface area contributed by atoms with Crippen LogP contribution in [0.3, 0.4) is 0 Å². The first-order valence-corrected chi connectivity index (χ1v) is 10.3. The van der Waals surface area contributed by atoms with E-state index in [-0.39, 0.29) is 0 Å². The Morgan fingerprint density at radius 1 is 1.19 bits per heavy atom. The molecule has 5 rings (SSSR count). The topological polar surface area (TPSA) is 34.6 Å². The van der Waals surface area contributed by atoms with E-state index < -0.39 is 0 Å². The largest absolute Gasteiger partial charge is 0.303 e. The average Bonchev–Trinajstić information content (AvgIpc) is 3.32. The van der Waals surface area contributed by atoms with Crippen LogP contribution < -0.4 is 4.57 Å². The average molecular weight is 376 g/mol. The predicted molar refractivity (Wildman–Crippen MR) is 112 cm³/mol. The van der Waals surface area contributed by atoms with Crippen LogP contribution in [0, 0.1) is 13.8 Å². The molecule has 0 atom stereocenters. The van der Waals surface area contributed by atoms with E-state index in [9.17, 15) is 0 Å². The van der Waals surface area contributed by atoms with Gasteiger partial charge in [-0.3, -0.25) is 0 Å². The normalized spacial score (nSPS) is 13.4. The van der Waals surface area contributed by atoms with Crippen LogP contribution in [-0.4, -0.2) is 14.5 Å². The Kier molecular flexibility index (Phi) is 3.53. The molecule has 0 saturated carbocycles. The quantitative estimate of drug-likeness (QED) is 0.467. The number of aromatic nitrogens is 4. The standard InChI is InChI=1S/C22H23N4S/c1-12(2)16-10-27-22-20(16)23-11-25(5)21(22)15-9-17-19(14(4)13(15)3)24-18-7-6-8-26(17)18/h6,8-12H,7H2,1-5H3/q+1. The smallest absolute Gasteiger partial charge is 0.287 e. The van der Waals surface area contributed by atoms with Crippen molar-refractivity contribution in [1.82, 2.24) is 14.5 Å². The zero-order valence-electron chi connectivity index (χ0n) is 16.4. The van der Waals surface area contributed by atoms with E-state index in [1.165, 1.54) is 38.2 Å². The first-order chi connectivity index (χ1) is 13.0. The molecule has 4 heterocycles. The van der Waals surface area contributed by atoms with Crippen molar-refractivity contribution in [3.8, 4) is 11.3 Å². The molecule has 0 unspecified atom stereocenters. The molecule has 0 N–H and O–H groups in total. The Bertz CT molecular complexity index is 1260. The van der Waals surface area contributed by atoms with Gasteiger partial charge in [-0.1, -0.05) is 19.9 Å². The first-order valence-electron chi connectivity index (χ1n) is 9.41. The summed E-state index contributed by atoms with van der Waals surface area (Å²) in [5.74, 6) is 1.60. The van der Waals surface area contributed by atoms with Crippen molar-refractivity contribution in [3.05, 3.63) is 46.4 Å². The van der Waals surface area contributed by atoms with Crippen LogP contribution in [-0.2, 0) is 13.5 Å².